The molecular weight excluding hydrogens is 280 g/mol. The first-order valence-electron chi connectivity index (χ1n) is 8.54. The van der Waals surface area contributed by atoms with Crippen LogP contribution in [0.25, 0.3) is 0 Å². The monoisotopic (exact) mass is 308 g/mol. The molecule has 1 heterocycles. The minimum Gasteiger partial charge on any atom is -0.381 e. The molecule has 0 atom stereocenters. The van der Waals surface area contributed by atoms with E-state index in [2.05, 4.69) is 12.2 Å². The molecule has 1 N–H and O–H groups in total. The van der Waals surface area contributed by atoms with E-state index in [1.54, 1.807) is 4.88 Å². The molecule has 1 aromatic rings. The molecular formula is C17H28N2OS. The van der Waals surface area contributed by atoms with Crippen LogP contribution >= 0.6 is 11.3 Å². The third kappa shape index (κ3) is 3.17. The smallest absolute Gasteiger partial charge is 0.113 e. The lowest BCUT2D eigenvalue weighted by atomic mass is 9.80. The molecule has 21 heavy (non-hydrogen) atoms. The summed E-state index contributed by atoms with van der Waals surface area (Å²) >= 11 is 1.99. The largest absolute Gasteiger partial charge is 0.381 e. The molecule has 0 amide bonds. The Bertz CT molecular complexity index is 440. The molecule has 0 aromatic carbocycles. The Morgan fingerprint density at radius 1 is 1.29 bits per heavy atom. The van der Waals surface area contributed by atoms with Gasteiger partial charge < -0.3 is 10.1 Å². The number of thiazole rings is 1. The van der Waals surface area contributed by atoms with Crippen LogP contribution in [0.15, 0.2) is 0 Å². The molecule has 3 nitrogen and oxygen atoms in total. The Morgan fingerprint density at radius 3 is 2.71 bits per heavy atom. The minimum absolute atomic E-state index is 0.118. The van der Waals surface area contributed by atoms with Crippen LogP contribution in [0.2, 0.25) is 0 Å². The lowest BCUT2D eigenvalue weighted by Crippen LogP contribution is -2.46. The third-order valence-corrected chi connectivity index (χ3v) is 6.45. The Labute approximate surface area is 132 Å². The molecule has 2 aliphatic rings. The van der Waals surface area contributed by atoms with E-state index in [4.69, 9.17) is 9.72 Å². The van der Waals surface area contributed by atoms with E-state index in [1.165, 1.54) is 42.8 Å². The van der Waals surface area contributed by atoms with Gasteiger partial charge in [-0.05, 0) is 64.3 Å². The van der Waals surface area contributed by atoms with Crippen LogP contribution in [0.4, 0.5) is 0 Å². The van der Waals surface area contributed by atoms with Gasteiger partial charge in [-0.15, -0.1) is 11.3 Å². The molecule has 1 saturated carbocycles. The zero-order valence-electron chi connectivity index (χ0n) is 13.4. The van der Waals surface area contributed by atoms with Gasteiger partial charge in [-0.2, -0.15) is 0 Å². The van der Waals surface area contributed by atoms with Gasteiger partial charge in [0.15, 0.2) is 0 Å². The van der Waals surface area contributed by atoms with Gasteiger partial charge in [-0.3, -0.25) is 0 Å². The summed E-state index contributed by atoms with van der Waals surface area (Å²) in [5.74, 6) is 0. The second kappa shape index (κ2) is 6.76. The van der Waals surface area contributed by atoms with Crippen molar-refractivity contribution < 1.29 is 4.74 Å². The molecule has 0 aliphatic heterocycles. The van der Waals surface area contributed by atoms with Crippen LogP contribution < -0.4 is 5.32 Å². The number of hydrogen-bond donors (Lipinski definition) is 1. The van der Waals surface area contributed by atoms with Crippen LogP contribution in [0.5, 0.6) is 0 Å². The van der Waals surface area contributed by atoms with E-state index in [0.717, 1.165) is 32.2 Å². The number of ether oxygens (including phenoxy) is 1. The van der Waals surface area contributed by atoms with E-state index < -0.39 is 0 Å². The first kappa shape index (κ1) is 15.4. The molecule has 0 radical (unpaired) electrons. The number of hydrogen-bond acceptors (Lipinski definition) is 4. The first-order valence-corrected chi connectivity index (χ1v) is 9.36. The fourth-order valence-electron chi connectivity index (χ4n) is 3.71. The van der Waals surface area contributed by atoms with Gasteiger partial charge >= 0.3 is 0 Å². The SMILES string of the molecule is CCCNC1(c2nc3c(s2)CCCC3)CCC(OC)CC1. The predicted molar refractivity (Wildman–Crippen MR) is 88.0 cm³/mol. The zero-order valence-corrected chi connectivity index (χ0v) is 14.2. The Kier molecular flexibility index (Phi) is 4.97. The fourth-order valence-corrected chi connectivity index (χ4v) is 5.08. The number of nitrogens with one attached hydrogen (secondary N) is 1. The molecule has 0 unspecified atom stereocenters. The molecule has 4 heteroatoms. The highest BCUT2D eigenvalue weighted by molar-refractivity contribution is 7.11. The maximum atomic E-state index is 5.56. The van der Waals surface area contributed by atoms with Crippen LogP contribution in [-0.4, -0.2) is 24.7 Å². The molecule has 0 saturated heterocycles. The summed E-state index contributed by atoms with van der Waals surface area (Å²) in [5, 5.41) is 5.21. The molecule has 0 bridgehead atoms. The van der Waals surface area contributed by atoms with Crippen molar-refractivity contribution in [3.63, 3.8) is 0 Å². The second-order valence-electron chi connectivity index (χ2n) is 6.54. The summed E-state index contributed by atoms with van der Waals surface area (Å²) in [5.41, 5.74) is 1.51. The highest BCUT2D eigenvalue weighted by Crippen LogP contribution is 2.41. The van der Waals surface area contributed by atoms with Crippen molar-refractivity contribution in [2.24, 2.45) is 0 Å². The fraction of sp³-hybridized carbons (Fsp3) is 0.824. The van der Waals surface area contributed by atoms with Crippen LogP contribution in [0.1, 0.15) is 67.4 Å². The van der Waals surface area contributed by atoms with E-state index in [1.807, 2.05) is 18.4 Å². The summed E-state index contributed by atoms with van der Waals surface area (Å²) in [6.45, 7) is 3.33. The van der Waals surface area contributed by atoms with Crippen molar-refractivity contribution >= 4 is 11.3 Å². The summed E-state index contributed by atoms with van der Waals surface area (Å²) in [6, 6.07) is 0. The number of aromatic nitrogens is 1. The van der Waals surface area contributed by atoms with E-state index in [9.17, 15) is 0 Å². The van der Waals surface area contributed by atoms with Crippen molar-refractivity contribution in [3.05, 3.63) is 15.6 Å². The van der Waals surface area contributed by atoms with E-state index >= 15 is 0 Å². The van der Waals surface area contributed by atoms with Crippen molar-refractivity contribution in [2.75, 3.05) is 13.7 Å². The number of nitrogens with zero attached hydrogens (tertiary/aromatic N) is 1. The maximum Gasteiger partial charge on any atom is 0.113 e. The Morgan fingerprint density at radius 2 is 2.05 bits per heavy atom. The van der Waals surface area contributed by atoms with Gasteiger partial charge in [0.1, 0.15) is 5.01 Å². The number of rotatable bonds is 5. The molecule has 2 aliphatic carbocycles. The zero-order chi connectivity index (χ0) is 14.7. The Hall–Kier alpha value is -0.450. The lowest BCUT2D eigenvalue weighted by molar-refractivity contribution is 0.0403. The first-order chi connectivity index (χ1) is 10.3. The normalized spacial score (nSPS) is 29.3. The number of aryl methyl sites for hydroxylation is 2. The Balaban J connectivity index is 1.83. The van der Waals surface area contributed by atoms with Gasteiger partial charge in [0, 0.05) is 12.0 Å². The predicted octanol–water partition coefficient (Wildman–Crippen LogP) is 3.81. The van der Waals surface area contributed by atoms with Crippen LogP contribution in [0, 0.1) is 0 Å². The van der Waals surface area contributed by atoms with E-state index in [-0.39, 0.29) is 5.54 Å². The standard InChI is InChI=1S/C17H28N2OS/c1-3-12-18-17(10-8-13(20-2)9-11-17)16-19-14-6-4-5-7-15(14)21-16/h13,18H,3-12H2,1-2H3. The summed E-state index contributed by atoms with van der Waals surface area (Å²) in [7, 11) is 1.85. The van der Waals surface area contributed by atoms with Gasteiger partial charge in [0.05, 0.1) is 17.3 Å². The van der Waals surface area contributed by atoms with Gasteiger partial charge in [0.2, 0.25) is 0 Å². The maximum absolute atomic E-state index is 5.56. The van der Waals surface area contributed by atoms with Crippen molar-refractivity contribution in [1.82, 2.24) is 10.3 Å². The highest BCUT2D eigenvalue weighted by atomic mass is 32.1. The van der Waals surface area contributed by atoms with Crippen molar-refractivity contribution in [3.8, 4) is 0 Å². The average molecular weight is 308 g/mol. The van der Waals surface area contributed by atoms with Crippen molar-refractivity contribution in [2.45, 2.75) is 76.4 Å². The van der Waals surface area contributed by atoms with Crippen LogP contribution in [0.3, 0.4) is 0 Å². The number of methoxy groups -OCH3 is 1. The third-order valence-electron chi connectivity index (χ3n) is 5.09. The van der Waals surface area contributed by atoms with Crippen LogP contribution in [-0.2, 0) is 23.1 Å². The molecule has 118 valence electrons. The molecule has 1 fully saturated rings. The van der Waals surface area contributed by atoms with Crippen molar-refractivity contribution in [1.29, 1.82) is 0 Å². The quantitative estimate of drug-likeness (QED) is 0.898. The minimum atomic E-state index is 0.118. The molecule has 3 rings (SSSR count). The van der Waals surface area contributed by atoms with E-state index in [0.29, 0.717) is 6.10 Å². The van der Waals surface area contributed by atoms with Gasteiger partial charge in [0.25, 0.3) is 0 Å². The highest BCUT2D eigenvalue weighted by Gasteiger charge is 2.39. The summed E-state index contributed by atoms with van der Waals surface area (Å²) in [4.78, 5) is 6.62. The summed E-state index contributed by atoms with van der Waals surface area (Å²) in [6.07, 6.45) is 11.3. The van der Waals surface area contributed by atoms with Gasteiger partial charge in [-0.25, -0.2) is 4.98 Å². The number of fused-ring (bicyclic) bond motifs is 1. The second-order valence-corrected chi connectivity index (χ2v) is 7.62. The topological polar surface area (TPSA) is 34.2 Å². The average Bonchev–Trinajstić information content (AvgIpc) is 2.98. The molecule has 1 aromatic heterocycles. The summed E-state index contributed by atoms with van der Waals surface area (Å²) < 4.78 is 5.56. The van der Waals surface area contributed by atoms with Gasteiger partial charge in [-0.1, -0.05) is 6.92 Å². The lowest BCUT2D eigenvalue weighted by Gasteiger charge is -2.39. The molecule has 0 spiro atoms.